The first kappa shape index (κ1) is 18.4. The van der Waals surface area contributed by atoms with Gasteiger partial charge in [0.25, 0.3) is 0 Å². The van der Waals surface area contributed by atoms with Crippen LogP contribution in [0, 0.1) is 0 Å². The van der Waals surface area contributed by atoms with Crippen molar-refractivity contribution >= 4 is 40.2 Å². The number of esters is 1. The Morgan fingerprint density at radius 2 is 1.96 bits per heavy atom. The minimum absolute atomic E-state index is 0.0467. The molecule has 23 heavy (non-hydrogen) atoms. The number of thiazole rings is 1. The van der Waals surface area contributed by atoms with Crippen LogP contribution in [0.2, 0.25) is 0 Å². The average Bonchev–Trinajstić information content (AvgIpc) is 2.93. The fourth-order valence-electron chi connectivity index (χ4n) is 1.22. The molecule has 126 valence electrons. The molecule has 0 bridgehead atoms. The molecule has 0 atom stereocenters. The van der Waals surface area contributed by atoms with Crippen molar-refractivity contribution in [2.75, 3.05) is 19.5 Å². The maximum Gasteiger partial charge on any atom is 0.413 e. The highest BCUT2D eigenvalue weighted by Crippen LogP contribution is 2.18. The summed E-state index contributed by atoms with van der Waals surface area (Å²) in [5.74, 6) is -2.14. The number of methoxy groups -OCH3 is 2. The smallest absolute Gasteiger partial charge is 0.413 e. The minimum atomic E-state index is -1.47. The maximum atomic E-state index is 11.5. The lowest BCUT2D eigenvalue weighted by atomic mass is 10.1. The number of amides is 1. The Balaban J connectivity index is 2.99. The van der Waals surface area contributed by atoms with Gasteiger partial charge in [-0.25, -0.2) is 19.4 Å². The van der Waals surface area contributed by atoms with E-state index in [0.29, 0.717) is 0 Å². The van der Waals surface area contributed by atoms with E-state index in [1.165, 1.54) is 33.4 Å². The summed E-state index contributed by atoms with van der Waals surface area (Å²) in [6.07, 6.45) is -0.747. The van der Waals surface area contributed by atoms with Gasteiger partial charge in [0, 0.05) is 5.38 Å². The summed E-state index contributed by atoms with van der Waals surface area (Å²) < 4.78 is 8.91. The van der Waals surface area contributed by atoms with Gasteiger partial charge in [0.2, 0.25) is 11.3 Å². The van der Waals surface area contributed by atoms with E-state index in [-0.39, 0.29) is 10.8 Å². The number of carboxylic acid groups (broad SMARTS) is 1. The van der Waals surface area contributed by atoms with Crippen LogP contribution >= 0.6 is 11.3 Å². The average molecular weight is 345 g/mol. The summed E-state index contributed by atoms with van der Waals surface area (Å²) in [6, 6.07) is 0. The van der Waals surface area contributed by atoms with Crippen molar-refractivity contribution in [3.8, 4) is 0 Å². The molecule has 0 aliphatic rings. The lowest BCUT2D eigenvalue weighted by Crippen LogP contribution is -2.35. The summed E-state index contributed by atoms with van der Waals surface area (Å²) >= 11 is 0.969. The molecular formula is C12H15N3O7S. The van der Waals surface area contributed by atoms with Gasteiger partial charge in [0.1, 0.15) is 5.69 Å². The second-order valence-corrected chi connectivity index (χ2v) is 5.35. The number of hydrogen-bond donors (Lipinski definition) is 2. The Bertz CT molecular complexity index is 638. The number of nitrogens with one attached hydrogen (secondary N) is 1. The van der Waals surface area contributed by atoms with E-state index in [9.17, 15) is 19.5 Å². The molecule has 0 aromatic carbocycles. The number of carbonyl (C=O) groups excluding carboxylic acids is 2. The first-order chi connectivity index (χ1) is 10.7. The normalized spacial score (nSPS) is 11.6. The van der Waals surface area contributed by atoms with Gasteiger partial charge in [-0.3, -0.25) is 5.32 Å². The Labute approximate surface area is 135 Å². The number of oxime groups is 1. The van der Waals surface area contributed by atoms with Gasteiger partial charge in [-0.2, -0.15) is 0 Å². The molecule has 10 nitrogen and oxygen atoms in total. The van der Waals surface area contributed by atoms with Gasteiger partial charge in [-0.1, -0.05) is 5.16 Å². The highest BCUT2D eigenvalue weighted by atomic mass is 32.1. The first-order valence-electron chi connectivity index (χ1n) is 6.10. The van der Waals surface area contributed by atoms with Gasteiger partial charge in [-0.15, -0.1) is 11.3 Å². The molecule has 0 saturated carbocycles. The third-order valence-electron chi connectivity index (χ3n) is 2.39. The Hall–Kier alpha value is -2.69. The van der Waals surface area contributed by atoms with Gasteiger partial charge < -0.3 is 19.4 Å². The second-order valence-electron chi connectivity index (χ2n) is 4.49. The highest BCUT2D eigenvalue weighted by Gasteiger charge is 2.32. The van der Waals surface area contributed by atoms with Crippen molar-refractivity contribution in [2.24, 2.45) is 5.16 Å². The fraction of sp³-hybridized carbons (Fsp3) is 0.417. The van der Waals surface area contributed by atoms with Crippen LogP contribution in [0.5, 0.6) is 0 Å². The molecule has 0 radical (unpaired) electrons. The second kappa shape index (κ2) is 7.54. The van der Waals surface area contributed by atoms with Crippen molar-refractivity contribution in [1.29, 1.82) is 0 Å². The molecule has 1 aromatic rings. The van der Waals surface area contributed by atoms with Crippen molar-refractivity contribution in [1.82, 2.24) is 4.98 Å². The number of aliphatic carboxylic acids is 1. The summed E-state index contributed by atoms with van der Waals surface area (Å²) in [4.78, 5) is 42.7. The van der Waals surface area contributed by atoms with Crippen molar-refractivity contribution in [2.45, 2.75) is 19.4 Å². The number of anilines is 1. The topological polar surface area (TPSA) is 136 Å². The van der Waals surface area contributed by atoms with E-state index in [0.717, 1.165) is 11.3 Å². The summed E-state index contributed by atoms with van der Waals surface area (Å²) in [5, 5.41) is 16.4. The van der Waals surface area contributed by atoms with E-state index in [1.54, 1.807) is 0 Å². The van der Waals surface area contributed by atoms with Crippen molar-refractivity contribution in [3.63, 3.8) is 0 Å². The molecule has 1 aromatic heterocycles. The molecule has 0 unspecified atom stereocenters. The van der Waals surface area contributed by atoms with Crippen LogP contribution < -0.4 is 5.32 Å². The largest absolute Gasteiger partial charge is 0.476 e. The minimum Gasteiger partial charge on any atom is -0.476 e. The lowest BCUT2D eigenvalue weighted by Gasteiger charge is -2.18. The molecule has 1 amide bonds. The van der Waals surface area contributed by atoms with Crippen LogP contribution in [-0.4, -0.2) is 53.7 Å². The van der Waals surface area contributed by atoms with Crippen molar-refractivity contribution in [3.05, 3.63) is 11.1 Å². The third-order valence-corrected chi connectivity index (χ3v) is 3.14. The standard InChI is InChI=1S/C12H15N3O7S/c1-12(2,9(18)20-3)22-15-7(8(16)17)6-5-23-10(13-6)14-11(19)21-4/h5H,1-4H3,(H,16,17)(H,13,14,19)/b15-7+. The number of hydrogen-bond acceptors (Lipinski definition) is 9. The predicted molar refractivity (Wildman–Crippen MR) is 79.5 cm³/mol. The zero-order chi connectivity index (χ0) is 17.6. The molecule has 0 aliphatic heterocycles. The molecule has 11 heteroatoms. The van der Waals surface area contributed by atoms with Crippen LogP contribution in [0.25, 0.3) is 0 Å². The molecule has 2 N–H and O–H groups in total. The molecule has 0 saturated heterocycles. The number of carboxylic acids is 1. The first-order valence-corrected chi connectivity index (χ1v) is 6.98. The summed E-state index contributed by atoms with van der Waals surface area (Å²) in [7, 11) is 2.34. The van der Waals surface area contributed by atoms with E-state index >= 15 is 0 Å². The van der Waals surface area contributed by atoms with Crippen LogP contribution in [0.4, 0.5) is 9.93 Å². The predicted octanol–water partition coefficient (Wildman–Crippen LogP) is 1.08. The molecular weight excluding hydrogens is 330 g/mol. The zero-order valence-electron chi connectivity index (χ0n) is 12.8. The van der Waals surface area contributed by atoms with Crippen LogP contribution in [0.1, 0.15) is 19.5 Å². The van der Waals surface area contributed by atoms with E-state index in [2.05, 4.69) is 24.9 Å². The van der Waals surface area contributed by atoms with Crippen molar-refractivity contribution < 1.29 is 33.8 Å². The number of ether oxygens (including phenoxy) is 2. The molecule has 0 fully saturated rings. The Kier molecular flexibility index (Phi) is 6.02. The highest BCUT2D eigenvalue weighted by molar-refractivity contribution is 7.14. The maximum absolute atomic E-state index is 11.5. The van der Waals surface area contributed by atoms with Crippen LogP contribution in [0.15, 0.2) is 10.5 Å². The Morgan fingerprint density at radius 3 is 2.48 bits per heavy atom. The van der Waals surface area contributed by atoms with Gasteiger partial charge in [0.15, 0.2) is 5.13 Å². The van der Waals surface area contributed by atoms with E-state index in [1.807, 2.05) is 0 Å². The van der Waals surface area contributed by atoms with Crippen LogP contribution in [0.3, 0.4) is 0 Å². The van der Waals surface area contributed by atoms with Gasteiger partial charge in [0.05, 0.1) is 14.2 Å². The molecule has 0 spiro atoms. The number of nitrogens with zero attached hydrogens (tertiary/aromatic N) is 2. The number of rotatable bonds is 6. The van der Waals surface area contributed by atoms with E-state index < -0.39 is 29.3 Å². The SMILES string of the molecule is COC(=O)Nc1nc(/C(=N\OC(C)(C)C(=O)OC)C(=O)O)cs1. The number of aromatic nitrogens is 1. The summed E-state index contributed by atoms with van der Waals surface area (Å²) in [6.45, 7) is 2.74. The zero-order valence-corrected chi connectivity index (χ0v) is 13.6. The summed E-state index contributed by atoms with van der Waals surface area (Å²) in [5.41, 5.74) is -2.05. The lowest BCUT2D eigenvalue weighted by molar-refractivity contribution is -0.165. The van der Waals surface area contributed by atoms with Gasteiger partial charge >= 0.3 is 18.0 Å². The molecule has 1 heterocycles. The fourth-order valence-corrected chi connectivity index (χ4v) is 1.90. The van der Waals surface area contributed by atoms with Gasteiger partial charge in [-0.05, 0) is 13.8 Å². The van der Waals surface area contributed by atoms with E-state index in [4.69, 9.17) is 4.84 Å². The molecule has 1 rings (SSSR count). The molecule has 0 aliphatic carbocycles. The number of carbonyl (C=O) groups is 3. The Morgan fingerprint density at radius 1 is 1.30 bits per heavy atom. The quantitative estimate of drug-likeness (QED) is 0.444. The third kappa shape index (κ3) is 4.92. The monoisotopic (exact) mass is 345 g/mol. The van der Waals surface area contributed by atoms with Crippen LogP contribution in [-0.2, 0) is 23.9 Å².